The molecule has 2 aromatic heterocycles. The fourth-order valence-electron chi connectivity index (χ4n) is 2.74. The van der Waals surface area contributed by atoms with Crippen molar-refractivity contribution in [3.05, 3.63) is 37.2 Å². The summed E-state index contributed by atoms with van der Waals surface area (Å²) in [5.41, 5.74) is 1.57. The van der Waals surface area contributed by atoms with Gasteiger partial charge in [-0.2, -0.15) is 0 Å². The fraction of sp³-hybridized carbons (Fsp3) is 0.333. The molecule has 0 saturated carbocycles. The molecule has 1 saturated heterocycles. The van der Waals surface area contributed by atoms with Gasteiger partial charge in [0, 0.05) is 18.1 Å². The lowest BCUT2D eigenvalue weighted by atomic mass is 10.2. The van der Waals surface area contributed by atoms with Crippen LogP contribution in [0.25, 0.3) is 11.0 Å². The number of carbonyl (C=O) groups is 1. The molecular formula is C15H18N4O. The zero-order valence-electron chi connectivity index (χ0n) is 11.3. The number of rotatable bonds is 4. The lowest BCUT2D eigenvalue weighted by Crippen LogP contribution is -2.39. The maximum atomic E-state index is 12.4. The number of fused-ring (bicyclic) bond motifs is 1. The third kappa shape index (κ3) is 2.44. The van der Waals surface area contributed by atoms with Crippen molar-refractivity contribution in [3.8, 4) is 0 Å². The number of likely N-dealkylation sites (tertiary alicyclic amines) is 1. The van der Waals surface area contributed by atoms with Crippen LogP contribution in [0.15, 0.2) is 37.2 Å². The predicted molar refractivity (Wildman–Crippen MR) is 79.5 cm³/mol. The van der Waals surface area contributed by atoms with Crippen molar-refractivity contribution in [2.24, 2.45) is 0 Å². The van der Waals surface area contributed by atoms with Gasteiger partial charge >= 0.3 is 0 Å². The zero-order valence-corrected chi connectivity index (χ0v) is 11.3. The molecule has 1 unspecified atom stereocenters. The van der Waals surface area contributed by atoms with E-state index in [0.29, 0.717) is 0 Å². The first-order chi connectivity index (χ1) is 9.78. The van der Waals surface area contributed by atoms with Crippen LogP contribution in [0.2, 0.25) is 0 Å². The van der Waals surface area contributed by atoms with E-state index in [1.54, 1.807) is 6.20 Å². The molecule has 1 aliphatic rings. The van der Waals surface area contributed by atoms with Crippen LogP contribution in [-0.2, 0) is 4.79 Å². The Balaban J connectivity index is 1.72. The van der Waals surface area contributed by atoms with Crippen LogP contribution in [0, 0.1) is 0 Å². The topological polar surface area (TPSA) is 61.0 Å². The summed E-state index contributed by atoms with van der Waals surface area (Å²) in [6, 6.07) is 3.82. The summed E-state index contributed by atoms with van der Waals surface area (Å²) in [5.74, 6) is 0.0426. The van der Waals surface area contributed by atoms with Gasteiger partial charge in [0.05, 0.1) is 17.9 Å². The molecule has 5 nitrogen and oxygen atoms in total. The van der Waals surface area contributed by atoms with Crippen LogP contribution >= 0.6 is 0 Å². The summed E-state index contributed by atoms with van der Waals surface area (Å²) in [5, 5.41) is 3.96. The van der Waals surface area contributed by atoms with Gasteiger partial charge in [0.15, 0.2) is 0 Å². The van der Waals surface area contributed by atoms with Crippen molar-refractivity contribution in [1.82, 2.24) is 14.9 Å². The second-order valence-corrected chi connectivity index (χ2v) is 5.07. The van der Waals surface area contributed by atoms with Crippen LogP contribution in [0.3, 0.4) is 0 Å². The Labute approximate surface area is 117 Å². The van der Waals surface area contributed by atoms with Crippen LogP contribution < -0.4 is 5.32 Å². The number of pyridine rings is 1. The summed E-state index contributed by atoms with van der Waals surface area (Å²) in [6.45, 7) is 5.46. The molecule has 1 fully saturated rings. The van der Waals surface area contributed by atoms with Gasteiger partial charge in [-0.05, 0) is 31.5 Å². The highest BCUT2D eigenvalue weighted by atomic mass is 16.2. The summed E-state index contributed by atoms with van der Waals surface area (Å²) in [7, 11) is 0. The number of aromatic amines is 1. The highest BCUT2D eigenvalue weighted by Gasteiger charge is 2.29. The molecule has 20 heavy (non-hydrogen) atoms. The Morgan fingerprint density at radius 1 is 1.65 bits per heavy atom. The normalized spacial score (nSPS) is 19.3. The molecule has 104 valence electrons. The molecular weight excluding hydrogens is 252 g/mol. The molecule has 0 spiro atoms. The van der Waals surface area contributed by atoms with E-state index >= 15 is 0 Å². The molecule has 0 aliphatic carbocycles. The van der Waals surface area contributed by atoms with E-state index in [0.717, 1.165) is 42.7 Å². The van der Waals surface area contributed by atoms with Crippen LogP contribution in [0.4, 0.5) is 5.69 Å². The number of hydrogen-bond donors (Lipinski definition) is 2. The molecule has 3 heterocycles. The number of nitrogens with zero attached hydrogens (tertiary/aromatic N) is 2. The van der Waals surface area contributed by atoms with Crippen molar-refractivity contribution in [3.63, 3.8) is 0 Å². The smallest absolute Gasteiger partial charge is 0.241 e. The van der Waals surface area contributed by atoms with Gasteiger partial charge in [0.2, 0.25) is 5.91 Å². The van der Waals surface area contributed by atoms with Crippen molar-refractivity contribution in [2.75, 3.05) is 18.4 Å². The first-order valence-electron chi connectivity index (χ1n) is 6.87. The average molecular weight is 270 g/mol. The van der Waals surface area contributed by atoms with Crippen molar-refractivity contribution < 1.29 is 4.79 Å². The summed E-state index contributed by atoms with van der Waals surface area (Å²) < 4.78 is 0. The second-order valence-electron chi connectivity index (χ2n) is 5.07. The molecule has 0 bridgehead atoms. The number of nitrogens with one attached hydrogen (secondary N) is 2. The number of hydrogen-bond acceptors (Lipinski definition) is 3. The Bertz CT molecular complexity index is 634. The molecule has 1 aliphatic heterocycles. The minimum atomic E-state index is -0.0603. The molecule has 2 aromatic rings. The lowest BCUT2D eigenvalue weighted by molar-refractivity contribution is -0.120. The number of H-pyrrole nitrogens is 1. The number of amides is 1. The van der Waals surface area contributed by atoms with E-state index in [1.165, 1.54) is 0 Å². The number of carbonyl (C=O) groups excluding carboxylic acids is 1. The fourth-order valence-corrected chi connectivity index (χ4v) is 2.74. The quantitative estimate of drug-likeness (QED) is 0.837. The van der Waals surface area contributed by atoms with Gasteiger partial charge in [-0.1, -0.05) is 6.08 Å². The van der Waals surface area contributed by atoms with Gasteiger partial charge in [0.25, 0.3) is 0 Å². The molecule has 1 atom stereocenters. The van der Waals surface area contributed by atoms with Crippen molar-refractivity contribution in [2.45, 2.75) is 18.9 Å². The number of aromatic nitrogens is 2. The monoisotopic (exact) mass is 270 g/mol. The van der Waals surface area contributed by atoms with E-state index < -0.39 is 0 Å². The van der Waals surface area contributed by atoms with Gasteiger partial charge < -0.3 is 10.3 Å². The maximum Gasteiger partial charge on any atom is 0.241 e. The Morgan fingerprint density at radius 2 is 2.55 bits per heavy atom. The van der Waals surface area contributed by atoms with Gasteiger partial charge in [0.1, 0.15) is 5.65 Å². The van der Waals surface area contributed by atoms with Crippen molar-refractivity contribution in [1.29, 1.82) is 0 Å². The van der Waals surface area contributed by atoms with Gasteiger partial charge in [-0.15, -0.1) is 6.58 Å². The highest BCUT2D eigenvalue weighted by molar-refractivity contribution is 5.96. The first-order valence-corrected chi connectivity index (χ1v) is 6.87. The van der Waals surface area contributed by atoms with E-state index in [4.69, 9.17) is 0 Å². The lowest BCUT2D eigenvalue weighted by Gasteiger charge is -2.21. The van der Waals surface area contributed by atoms with Crippen molar-refractivity contribution >= 4 is 22.6 Å². The zero-order chi connectivity index (χ0) is 13.9. The minimum absolute atomic E-state index is 0.0426. The van der Waals surface area contributed by atoms with E-state index in [-0.39, 0.29) is 11.9 Å². The summed E-state index contributed by atoms with van der Waals surface area (Å²) in [6.07, 6.45) is 7.33. The van der Waals surface area contributed by atoms with Gasteiger partial charge in [-0.3, -0.25) is 9.69 Å². The largest absolute Gasteiger partial charge is 0.346 e. The predicted octanol–water partition coefficient (Wildman–Crippen LogP) is 2.15. The average Bonchev–Trinajstić information content (AvgIpc) is 3.07. The molecule has 3 rings (SSSR count). The number of anilines is 1. The minimum Gasteiger partial charge on any atom is -0.346 e. The third-order valence-electron chi connectivity index (χ3n) is 3.70. The first kappa shape index (κ1) is 12.9. The SMILES string of the molecule is C=CCN1CCCC1C(=O)Nc1cnc2[nH]ccc2c1. The molecule has 0 radical (unpaired) electrons. The molecule has 2 N–H and O–H groups in total. The molecule has 5 heteroatoms. The Hall–Kier alpha value is -2.14. The maximum absolute atomic E-state index is 12.4. The standard InChI is InChI=1S/C15H18N4O/c1-2-7-19-8-3-4-13(19)15(20)18-12-9-11-5-6-16-14(11)17-10-12/h2,5-6,9-10,13H,1,3-4,7-8H2,(H,16,17)(H,18,20). The summed E-state index contributed by atoms with van der Waals surface area (Å²) >= 11 is 0. The Morgan fingerprint density at radius 3 is 3.40 bits per heavy atom. The van der Waals surface area contributed by atoms with E-state index in [1.807, 2.05) is 24.4 Å². The Kier molecular flexibility index (Phi) is 3.52. The third-order valence-corrected chi connectivity index (χ3v) is 3.70. The van der Waals surface area contributed by atoms with Gasteiger partial charge in [-0.25, -0.2) is 4.98 Å². The van der Waals surface area contributed by atoms with Crippen LogP contribution in [0.5, 0.6) is 0 Å². The molecule has 1 amide bonds. The highest BCUT2D eigenvalue weighted by Crippen LogP contribution is 2.20. The van der Waals surface area contributed by atoms with E-state index in [2.05, 4.69) is 26.8 Å². The van der Waals surface area contributed by atoms with Crippen LogP contribution in [0.1, 0.15) is 12.8 Å². The van der Waals surface area contributed by atoms with E-state index in [9.17, 15) is 4.79 Å². The van der Waals surface area contributed by atoms with Crippen LogP contribution in [-0.4, -0.2) is 39.9 Å². The molecule has 0 aromatic carbocycles. The second kappa shape index (κ2) is 5.46. The summed E-state index contributed by atoms with van der Waals surface area (Å²) in [4.78, 5) is 21.8.